The Morgan fingerprint density at radius 1 is 0.931 bits per heavy atom. The van der Waals surface area contributed by atoms with E-state index in [0.717, 1.165) is 56.3 Å². The second kappa shape index (κ2) is 8.18. The van der Waals surface area contributed by atoms with E-state index < -0.39 is 5.60 Å². The van der Waals surface area contributed by atoms with E-state index in [1.165, 1.54) is 38.5 Å². The van der Waals surface area contributed by atoms with Gasteiger partial charge in [0.1, 0.15) is 5.60 Å². The molecule has 0 aliphatic heterocycles. The minimum absolute atomic E-state index is 0.236. The van der Waals surface area contributed by atoms with Crippen molar-refractivity contribution in [1.29, 1.82) is 0 Å². The molecule has 2 N–H and O–H groups in total. The standard InChI is InChI=1S/C26H42O3/c1-24-15-16-26(28,13-6-4-5-7-17-27)18-19(24)8-9-20-21-10-11-23(29-3)25(21,2)14-12-22(20)24/h19-23,27-28H,4-5,7-12,14-18H2,1-3H3/t19-,20+,21+,22+,23+,24+,25+,26-/m1/s1. The van der Waals surface area contributed by atoms with Crippen molar-refractivity contribution in [3.05, 3.63) is 0 Å². The Balaban J connectivity index is 1.46. The molecule has 4 saturated carbocycles. The van der Waals surface area contributed by atoms with Gasteiger partial charge in [-0.3, -0.25) is 0 Å². The molecule has 0 aromatic rings. The maximum Gasteiger partial charge on any atom is 0.125 e. The van der Waals surface area contributed by atoms with Crippen molar-refractivity contribution < 1.29 is 14.9 Å². The first-order valence-electron chi connectivity index (χ1n) is 12.2. The fraction of sp³-hybridized carbons (Fsp3) is 0.923. The Hall–Kier alpha value is -0.560. The van der Waals surface area contributed by atoms with Crippen molar-refractivity contribution in [2.45, 2.75) is 103 Å². The number of hydrogen-bond donors (Lipinski definition) is 2. The predicted molar refractivity (Wildman–Crippen MR) is 116 cm³/mol. The summed E-state index contributed by atoms with van der Waals surface area (Å²) < 4.78 is 5.92. The molecule has 4 rings (SSSR count). The van der Waals surface area contributed by atoms with E-state index in [1.807, 2.05) is 7.11 Å². The zero-order chi connectivity index (χ0) is 20.7. The molecule has 0 aromatic carbocycles. The lowest BCUT2D eigenvalue weighted by atomic mass is 9.44. The van der Waals surface area contributed by atoms with Crippen LogP contribution in [-0.2, 0) is 4.74 Å². The van der Waals surface area contributed by atoms with Crippen LogP contribution in [0.25, 0.3) is 0 Å². The van der Waals surface area contributed by atoms with Gasteiger partial charge < -0.3 is 14.9 Å². The van der Waals surface area contributed by atoms with Gasteiger partial charge in [-0.15, -0.1) is 5.92 Å². The van der Waals surface area contributed by atoms with E-state index in [4.69, 9.17) is 9.84 Å². The number of aliphatic hydroxyl groups is 2. The Kier molecular flexibility index (Phi) is 6.11. The molecule has 4 aliphatic carbocycles. The number of unbranched alkanes of at least 4 members (excludes halogenated alkanes) is 2. The monoisotopic (exact) mass is 402 g/mol. The molecule has 0 bridgehead atoms. The van der Waals surface area contributed by atoms with Crippen molar-refractivity contribution in [3.8, 4) is 11.8 Å². The molecule has 3 heteroatoms. The summed E-state index contributed by atoms with van der Waals surface area (Å²) in [4.78, 5) is 0. The van der Waals surface area contributed by atoms with Gasteiger partial charge in [-0.1, -0.05) is 19.8 Å². The van der Waals surface area contributed by atoms with Crippen LogP contribution < -0.4 is 0 Å². The highest BCUT2D eigenvalue weighted by Gasteiger charge is 2.61. The van der Waals surface area contributed by atoms with Gasteiger partial charge in [0.25, 0.3) is 0 Å². The molecule has 0 radical (unpaired) electrons. The second-order valence-electron chi connectivity index (χ2n) is 11.2. The Morgan fingerprint density at radius 2 is 1.72 bits per heavy atom. The summed E-state index contributed by atoms with van der Waals surface area (Å²) in [7, 11) is 1.91. The summed E-state index contributed by atoms with van der Waals surface area (Å²) in [5, 5.41) is 20.1. The van der Waals surface area contributed by atoms with Crippen LogP contribution in [0.4, 0.5) is 0 Å². The fourth-order valence-electron chi connectivity index (χ4n) is 8.25. The molecule has 0 heterocycles. The third-order valence-corrected chi connectivity index (χ3v) is 9.96. The number of fused-ring (bicyclic) bond motifs is 5. The van der Waals surface area contributed by atoms with Crippen molar-refractivity contribution in [3.63, 3.8) is 0 Å². The topological polar surface area (TPSA) is 49.7 Å². The molecule has 0 unspecified atom stereocenters. The summed E-state index contributed by atoms with van der Waals surface area (Å²) in [5.41, 5.74) is -0.0251. The van der Waals surface area contributed by atoms with Gasteiger partial charge in [0, 0.05) is 20.1 Å². The number of ether oxygens (including phenoxy) is 1. The van der Waals surface area contributed by atoms with Gasteiger partial charge >= 0.3 is 0 Å². The lowest BCUT2D eigenvalue weighted by Gasteiger charge is -2.61. The van der Waals surface area contributed by atoms with Crippen molar-refractivity contribution in [2.75, 3.05) is 13.7 Å². The zero-order valence-corrected chi connectivity index (χ0v) is 18.9. The maximum absolute atomic E-state index is 11.2. The molecule has 4 aliphatic rings. The Labute approximate surface area is 178 Å². The molecular formula is C26H42O3. The highest BCUT2D eigenvalue weighted by molar-refractivity contribution is 5.19. The molecule has 4 fully saturated rings. The first-order chi connectivity index (χ1) is 13.9. The van der Waals surface area contributed by atoms with Gasteiger partial charge in [0.05, 0.1) is 6.10 Å². The third-order valence-electron chi connectivity index (χ3n) is 9.96. The van der Waals surface area contributed by atoms with Gasteiger partial charge in [-0.05, 0) is 105 Å². The van der Waals surface area contributed by atoms with Gasteiger partial charge in [0.15, 0.2) is 0 Å². The largest absolute Gasteiger partial charge is 0.396 e. The normalized spacial score (nSPS) is 48.8. The predicted octanol–water partition coefficient (Wildman–Crippen LogP) is 4.94. The van der Waals surface area contributed by atoms with E-state index >= 15 is 0 Å². The number of aliphatic hydroxyl groups excluding tert-OH is 1. The van der Waals surface area contributed by atoms with Crippen LogP contribution in [-0.4, -0.2) is 35.6 Å². The third kappa shape index (κ3) is 3.68. The molecule has 0 aromatic heterocycles. The SMILES string of the molecule is CO[C@H]1CC[C@H]2[C@@H]3CC[C@@H]4C[C@@](O)(C#CCCCCO)CC[C@]4(C)[C@H]3CC[C@]12C. The van der Waals surface area contributed by atoms with Crippen LogP contribution in [0, 0.1) is 46.3 Å². The van der Waals surface area contributed by atoms with E-state index in [2.05, 4.69) is 25.7 Å². The minimum atomic E-state index is -0.784. The Bertz CT molecular complexity index is 650. The maximum atomic E-state index is 11.2. The van der Waals surface area contributed by atoms with Gasteiger partial charge in [-0.25, -0.2) is 0 Å². The number of hydrogen-bond acceptors (Lipinski definition) is 3. The smallest absolute Gasteiger partial charge is 0.125 e. The van der Waals surface area contributed by atoms with Crippen LogP contribution in [0.15, 0.2) is 0 Å². The molecular weight excluding hydrogens is 360 g/mol. The van der Waals surface area contributed by atoms with E-state index in [0.29, 0.717) is 22.9 Å². The summed E-state index contributed by atoms with van der Waals surface area (Å²) >= 11 is 0. The summed E-state index contributed by atoms with van der Waals surface area (Å²) in [6.45, 7) is 5.30. The molecule has 0 amide bonds. The molecule has 0 saturated heterocycles. The van der Waals surface area contributed by atoms with E-state index in [-0.39, 0.29) is 6.61 Å². The average molecular weight is 403 g/mol. The van der Waals surface area contributed by atoms with Crippen molar-refractivity contribution in [1.82, 2.24) is 0 Å². The van der Waals surface area contributed by atoms with Gasteiger partial charge in [0.2, 0.25) is 0 Å². The quantitative estimate of drug-likeness (QED) is 0.517. The number of methoxy groups -OCH3 is 1. The van der Waals surface area contributed by atoms with Crippen molar-refractivity contribution >= 4 is 0 Å². The van der Waals surface area contributed by atoms with Gasteiger partial charge in [-0.2, -0.15) is 0 Å². The van der Waals surface area contributed by atoms with E-state index in [9.17, 15) is 5.11 Å². The first-order valence-corrected chi connectivity index (χ1v) is 12.2. The summed E-state index contributed by atoms with van der Waals surface area (Å²) in [6.07, 6.45) is 13.6. The van der Waals surface area contributed by atoms with Crippen LogP contribution in [0.2, 0.25) is 0 Å². The highest BCUT2D eigenvalue weighted by Crippen LogP contribution is 2.67. The minimum Gasteiger partial charge on any atom is -0.396 e. The summed E-state index contributed by atoms with van der Waals surface area (Å²) in [5.74, 6) is 9.57. The molecule has 8 atom stereocenters. The second-order valence-corrected chi connectivity index (χ2v) is 11.2. The fourth-order valence-corrected chi connectivity index (χ4v) is 8.25. The zero-order valence-electron chi connectivity index (χ0n) is 18.9. The molecule has 29 heavy (non-hydrogen) atoms. The molecule has 164 valence electrons. The lowest BCUT2D eigenvalue weighted by Crippen LogP contribution is -2.56. The lowest BCUT2D eigenvalue weighted by molar-refractivity contribution is -0.146. The number of rotatable bonds is 4. The van der Waals surface area contributed by atoms with Crippen LogP contribution in [0.3, 0.4) is 0 Å². The van der Waals surface area contributed by atoms with Crippen molar-refractivity contribution in [2.24, 2.45) is 34.5 Å². The first kappa shape index (κ1) is 21.7. The van der Waals surface area contributed by atoms with Crippen LogP contribution in [0.5, 0.6) is 0 Å². The van der Waals surface area contributed by atoms with Crippen LogP contribution in [0.1, 0.15) is 90.9 Å². The summed E-state index contributed by atoms with van der Waals surface area (Å²) in [6, 6.07) is 0. The molecule has 3 nitrogen and oxygen atoms in total. The van der Waals surface area contributed by atoms with E-state index in [1.54, 1.807) is 0 Å². The molecule has 0 spiro atoms. The Morgan fingerprint density at radius 3 is 2.48 bits per heavy atom. The average Bonchev–Trinajstić information content (AvgIpc) is 3.05. The highest BCUT2D eigenvalue weighted by atomic mass is 16.5. The van der Waals surface area contributed by atoms with Crippen LogP contribution >= 0.6 is 0 Å².